The maximum atomic E-state index is 3.50. The fourth-order valence-electron chi connectivity index (χ4n) is 1.77. The SMILES string of the molecule is CCCc1c(CNC(C)C)csc1CC. The summed E-state index contributed by atoms with van der Waals surface area (Å²) in [5, 5.41) is 5.84. The fraction of sp³-hybridized carbons (Fsp3) is 0.692. The van der Waals surface area contributed by atoms with E-state index in [9.17, 15) is 0 Å². The van der Waals surface area contributed by atoms with Crippen molar-refractivity contribution in [3.05, 3.63) is 21.4 Å². The second kappa shape index (κ2) is 6.29. The molecule has 0 unspecified atom stereocenters. The van der Waals surface area contributed by atoms with E-state index in [1.54, 1.807) is 10.4 Å². The lowest BCUT2D eigenvalue weighted by Crippen LogP contribution is -2.22. The van der Waals surface area contributed by atoms with Crippen molar-refractivity contribution in [1.82, 2.24) is 5.32 Å². The van der Waals surface area contributed by atoms with Crippen LogP contribution >= 0.6 is 11.3 Å². The molecular formula is C13H23NS. The summed E-state index contributed by atoms with van der Waals surface area (Å²) >= 11 is 1.93. The van der Waals surface area contributed by atoms with Crippen LogP contribution < -0.4 is 5.32 Å². The van der Waals surface area contributed by atoms with Crippen molar-refractivity contribution in [3.8, 4) is 0 Å². The molecule has 0 aliphatic heterocycles. The van der Waals surface area contributed by atoms with Crippen LogP contribution in [0.5, 0.6) is 0 Å². The molecular weight excluding hydrogens is 202 g/mol. The first-order valence-electron chi connectivity index (χ1n) is 6.00. The lowest BCUT2D eigenvalue weighted by atomic mass is 10.0. The molecule has 0 fully saturated rings. The zero-order chi connectivity index (χ0) is 11.3. The highest BCUT2D eigenvalue weighted by molar-refractivity contribution is 7.10. The number of thiophene rings is 1. The second-order valence-corrected chi connectivity index (χ2v) is 5.27. The first kappa shape index (κ1) is 12.7. The molecule has 1 aromatic heterocycles. The molecule has 1 rings (SSSR count). The van der Waals surface area contributed by atoms with Gasteiger partial charge in [0.25, 0.3) is 0 Å². The molecule has 86 valence electrons. The molecule has 2 heteroatoms. The van der Waals surface area contributed by atoms with Gasteiger partial charge in [0.2, 0.25) is 0 Å². The number of nitrogens with one attached hydrogen (secondary N) is 1. The van der Waals surface area contributed by atoms with Gasteiger partial charge >= 0.3 is 0 Å². The average Bonchev–Trinajstić information content (AvgIpc) is 2.58. The fourth-order valence-corrected chi connectivity index (χ4v) is 2.82. The van der Waals surface area contributed by atoms with Crippen LogP contribution in [0.3, 0.4) is 0 Å². The minimum absolute atomic E-state index is 0.574. The van der Waals surface area contributed by atoms with E-state index in [2.05, 4.69) is 38.4 Å². The van der Waals surface area contributed by atoms with Gasteiger partial charge in [0.15, 0.2) is 0 Å². The summed E-state index contributed by atoms with van der Waals surface area (Å²) in [5.41, 5.74) is 3.13. The van der Waals surface area contributed by atoms with E-state index in [1.807, 2.05) is 11.3 Å². The van der Waals surface area contributed by atoms with Crippen molar-refractivity contribution >= 4 is 11.3 Å². The maximum absolute atomic E-state index is 3.50. The quantitative estimate of drug-likeness (QED) is 0.777. The molecule has 1 aromatic rings. The van der Waals surface area contributed by atoms with Gasteiger partial charge in [0.05, 0.1) is 0 Å². The predicted molar refractivity (Wildman–Crippen MR) is 69.7 cm³/mol. The maximum Gasteiger partial charge on any atom is 0.0218 e. The molecule has 15 heavy (non-hydrogen) atoms. The summed E-state index contributed by atoms with van der Waals surface area (Å²) in [6.45, 7) is 9.95. The largest absolute Gasteiger partial charge is 0.310 e. The normalized spacial score (nSPS) is 11.3. The molecule has 0 saturated heterocycles. The molecule has 0 amide bonds. The smallest absolute Gasteiger partial charge is 0.0218 e. The Balaban J connectivity index is 2.72. The molecule has 0 aromatic carbocycles. The first-order valence-corrected chi connectivity index (χ1v) is 6.88. The van der Waals surface area contributed by atoms with Crippen molar-refractivity contribution in [2.24, 2.45) is 0 Å². The van der Waals surface area contributed by atoms with Crippen molar-refractivity contribution in [2.45, 2.75) is 59.5 Å². The summed E-state index contributed by atoms with van der Waals surface area (Å²) in [5.74, 6) is 0. The zero-order valence-electron chi connectivity index (χ0n) is 10.4. The number of hydrogen-bond acceptors (Lipinski definition) is 2. The van der Waals surface area contributed by atoms with E-state index in [4.69, 9.17) is 0 Å². The highest BCUT2D eigenvalue weighted by Gasteiger charge is 2.09. The molecule has 1 nitrogen and oxygen atoms in total. The number of hydrogen-bond donors (Lipinski definition) is 1. The topological polar surface area (TPSA) is 12.0 Å². The Morgan fingerprint density at radius 2 is 2.07 bits per heavy atom. The van der Waals surface area contributed by atoms with Gasteiger partial charge in [-0.05, 0) is 29.3 Å². The van der Waals surface area contributed by atoms with Crippen LogP contribution in [0.15, 0.2) is 5.38 Å². The third kappa shape index (κ3) is 3.62. The summed E-state index contributed by atoms with van der Waals surface area (Å²) in [6, 6.07) is 0.574. The van der Waals surface area contributed by atoms with Gasteiger partial charge in [-0.15, -0.1) is 11.3 Å². The van der Waals surface area contributed by atoms with Crippen LogP contribution in [0, 0.1) is 0 Å². The van der Waals surface area contributed by atoms with E-state index < -0.39 is 0 Å². The van der Waals surface area contributed by atoms with Crippen LogP contribution in [0.25, 0.3) is 0 Å². The van der Waals surface area contributed by atoms with Crippen molar-refractivity contribution in [1.29, 1.82) is 0 Å². The van der Waals surface area contributed by atoms with Gasteiger partial charge in [0.1, 0.15) is 0 Å². The Bertz CT molecular complexity index is 289. The van der Waals surface area contributed by atoms with Crippen LogP contribution in [-0.2, 0) is 19.4 Å². The monoisotopic (exact) mass is 225 g/mol. The van der Waals surface area contributed by atoms with Crippen LogP contribution in [-0.4, -0.2) is 6.04 Å². The molecule has 1 heterocycles. The summed E-state index contributed by atoms with van der Waals surface area (Å²) in [7, 11) is 0. The molecule has 0 aliphatic rings. The molecule has 0 radical (unpaired) electrons. The summed E-state index contributed by atoms with van der Waals surface area (Å²) in [4.78, 5) is 1.58. The Morgan fingerprint density at radius 1 is 1.33 bits per heavy atom. The van der Waals surface area contributed by atoms with Crippen LogP contribution in [0.2, 0.25) is 0 Å². The van der Waals surface area contributed by atoms with E-state index in [0.717, 1.165) is 6.54 Å². The van der Waals surface area contributed by atoms with E-state index >= 15 is 0 Å². The van der Waals surface area contributed by atoms with Crippen LogP contribution in [0.1, 0.15) is 50.1 Å². The highest BCUT2D eigenvalue weighted by Crippen LogP contribution is 2.24. The lowest BCUT2D eigenvalue weighted by molar-refractivity contribution is 0.586. The zero-order valence-corrected chi connectivity index (χ0v) is 11.2. The Kier molecular flexibility index (Phi) is 5.34. The van der Waals surface area contributed by atoms with Gasteiger partial charge in [-0.1, -0.05) is 34.1 Å². The predicted octanol–water partition coefficient (Wildman–Crippen LogP) is 3.76. The molecule has 0 bridgehead atoms. The molecule has 1 N–H and O–H groups in total. The third-order valence-electron chi connectivity index (χ3n) is 2.59. The summed E-state index contributed by atoms with van der Waals surface area (Å²) in [6.07, 6.45) is 3.67. The Hall–Kier alpha value is -0.340. The van der Waals surface area contributed by atoms with E-state index in [-0.39, 0.29) is 0 Å². The van der Waals surface area contributed by atoms with E-state index in [0.29, 0.717) is 6.04 Å². The van der Waals surface area contributed by atoms with Crippen LogP contribution in [0.4, 0.5) is 0 Å². The van der Waals surface area contributed by atoms with E-state index in [1.165, 1.54) is 24.8 Å². The minimum Gasteiger partial charge on any atom is -0.310 e. The molecule has 0 saturated carbocycles. The Labute approximate surface area is 97.9 Å². The van der Waals surface area contributed by atoms with Crippen molar-refractivity contribution in [2.75, 3.05) is 0 Å². The number of rotatable bonds is 6. The first-order chi connectivity index (χ1) is 7.19. The molecule has 0 atom stereocenters. The van der Waals surface area contributed by atoms with Crippen molar-refractivity contribution in [3.63, 3.8) is 0 Å². The molecule has 0 aliphatic carbocycles. The highest BCUT2D eigenvalue weighted by atomic mass is 32.1. The minimum atomic E-state index is 0.574. The number of aryl methyl sites for hydroxylation is 1. The van der Waals surface area contributed by atoms with Gasteiger partial charge in [-0.3, -0.25) is 0 Å². The van der Waals surface area contributed by atoms with Gasteiger partial charge in [-0.25, -0.2) is 0 Å². The molecule has 0 spiro atoms. The second-order valence-electron chi connectivity index (χ2n) is 4.30. The summed E-state index contributed by atoms with van der Waals surface area (Å²) < 4.78 is 0. The van der Waals surface area contributed by atoms with Crippen molar-refractivity contribution < 1.29 is 0 Å². The van der Waals surface area contributed by atoms with Gasteiger partial charge < -0.3 is 5.32 Å². The van der Waals surface area contributed by atoms with Gasteiger partial charge in [-0.2, -0.15) is 0 Å². The average molecular weight is 225 g/mol. The standard InChI is InChI=1S/C13H23NS/c1-5-7-12-11(8-14-10(3)4)9-15-13(12)6-2/h9-10,14H,5-8H2,1-4H3. The third-order valence-corrected chi connectivity index (χ3v) is 3.81. The van der Waals surface area contributed by atoms with Gasteiger partial charge in [0, 0.05) is 17.5 Å². The lowest BCUT2D eigenvalue weighted by Gasteiger charge is -2.09. The Morgan fingerprint density at radius 3 is 2.60 bits per heavy atom.